The van der Waals surface area contributed by atoms with Gasteiger partial charge in [-0.2, -0.15) is 0 Å². The number of hydrogen-bond donors (Lipinski definition) is 1. The van der Waals surface area contributed by atoms with E-state index in [2.05, 4.69) is 56.3 Å². The van der Waals surface area contributed by atoms with Crippen LogP contribution in [-0.4, -0.2) is 0 Å². The van der Waals surface area contributed by atoms with Gasteiger partial charge in [-0.15, -0.1) is 6.42 Å². The highest BCUT2D eigenvalue weighted by molar-refractivity contribution is 5.51. The number of nitrogens with one attached hydrogen (secondary N) is 1. The molecule has 0 aromatic heterocycles. The Hall–Kier alpha value is -2.20. The molecule has 20 heavy (non-hydrogen) atoms. The van der Waals surface area contributed by atoms with Crippen molar-refractivity contribution in [2.75, 3.05) is 5.32 Å². The average molecular weight is 263 g/mol. The van der Waals surface area contributed by atoms with Crippen molar-refractivity contribution >= 4 is 5.69 Å². The van der Waals surface area contributed by atoms with Crippen molar-refractivity contribution in [2.24, 2.45) is 0 Å². The molecule has 2 aromatic carbocycles. The third-order valence-electron chi connectivity index (χ3n) is 3.52. The molecule has 102 valence electrons. The molecule has 1 unspecified atom stereocenters. The molecular weight excluding hydrogens is 242 g/mol. The largest absolute Gasteiger partial charge is 0.378 e. The molecule has 0 fully saturated rings. The molecule has 0 spiro atoms. The fraction of sp³-hybridized carbons (Fsp3) is 0.263. The second kappa shape index (κ2) is 6.30. The molecule has 0 heterocycles. The molecule has 1 atom stereocenters. The van der Waals surface area contributed by atoms with Crippen LogP contribution in [0.3, 0.4) is 0 Å². The summed E-state index contributed by atoms with van der Waals surface area (Å²) in [5, 5.41) is 3.49. The number of rotatable bonds is 4. The van der Waals surface area contributed by atoms with E-state index in [1.807, 2.05) is 24.3 Å². The Labute approximate surface area is 122 Å². The lowest BCUT2D eigenvalue weighted by atomic mass is 9.99. The highest BCUT2D eigenvalue weighted by atomic mass is 14.9. The maximum absolute atomic E-state index is 5.43. The van der Waals surface area contributed by atoms with Crippen LogP contribution in [0.2, 0.25) is 0 Å². The molecule has 0 saturated heterocycles. The third-order valence-corrected chi connectivity index (χ3v) is 3.52. The van der Waals surface area contributed by atoms with E-state index in [0.717, 1.165) is 11.3 Å². The first-order valence-corrected chi connectivity index (χ1v) is 7.03. The summed E-state index contributed by atoms with van der Waals surface area (Å²) in [6, 6.07) is 17.0. The lowest BCUT2D eigenvalue weighted by Gasteiger charge is -2.17. The van der Waals surface area contributed by atoms with E-state index in [0.29, 0.717) is 5.92 Å². The molecule has 0 aliphatic rings. The van der Waals surface area contributed by atoms with Gasteiger partial charge in [-0.3, -0.25) is 0 Å². The van der Waals surface area contributed by atoms with E-state index in [-0.39, 0.29) is 6.04 Å². The molecule has 2 rings (SSSR count). The first kappa shape index (κ1) is 14.2. The summed E-state index contributed by atoms with van der Waals surface area (Å²) in [6.45, 7) is 6.58. The number of hydrogen-bond acceptors (Lipinski definition) is 1. The second-order valence-corrected chi connectivity index (χ2v) is 5.41. The normalized spacial score (nSPS) is 11.9. The Balaban J connectivity index is 2.11. The third kappa shape index (κ3) is 3.42. The molecule has 2 aromatic rings. The molecule has 0 saturated carbocycles. The standard InChI is InChI=1S/C19H21N/c1-5-16-7-6-8-19(13-16)20-15(4)18-11-9-17(10-12-18)14(2)3/h1,6-15,20H,2-4H3. The molecule has 1 N–H and O–H groups in total. The van der Waals surface area contributed by atoms with Gasteiger partial charge in [0.15, 0.2) is 0 Å². The van der Waals surface area contributed by atoms with Crippen molar-refractivity contribution in [3.8, 4) is 12.3 Å². The summed E-state index contributed by atoms with van der Waals surface area (Å²) >= 11 is 0. The Morgan fingerprint density at radius 2 is 1.60 bits per heavy atom. The van der Waals surface area contributed by atoms with Crippen molar-refractivity contribution in [3.63, 3.8) is 0 Å². The maximum atomic E-state index is 5.43. The molecular formula is C19H21N. The van der Waals surface area contributed by atoms with E-state index in [4.69, 9.17) is 6.42 Å². The highest BCUT2D eigenvalue weighted by Gasteiger charge is 2.06. The number of anilines is 1. The van der Waals surface area contributed by atoms with Crippen LogP contribution in [0, 0.1) is 12.3 Å². The van der Waals surface area contributed by atoms with Crippen molar-refractivity contribution in [1.29, 1.82) is 0 Å². The minimum atomic E-state index is 0.254. The van der Waals surface area contributed by atoms with Crippen LogP contribution in [0.5, 0.6) is 0 Å². The summed E-state index contributed by atoms with van der Waals surface area (Å²) in [4.78, 5) is 0. The number of benzene rings is 2. The van der Waals surface area contributed by atoms with Gasteiger partial charge in [-0.1, -0.05) is 50.1 Å². The van der Waals surface area contributed by atoms with Crippen molar-refractivity contribution in [2.45, 2.75) is 32.7 Å². The molecule has 1 nitrogen and oxygen atoms in total. The quantitative estimate of drug-likeness (QED) is 0.768. The summed E-state index contributed by atoms with van der Waals surface area (Å²) in [5.74, 6) is 3.23. The zero-order valence-electron chi connectivity index (χ0n) is 12.4. The van der Waals surface area contributed by atoms with E-state index in [9.17, 15) is 0 Å². The minimum Gasteiger partial charge on any atom is -0.378 e. The predicted molar refractivity (Wildman–Crippen MR) is 86.9 cm³/mol. The highest BCUT2D eigenvalue weighted by Crippen LogP contribution is 2.22. The smallest absolute Gasteiger partial charge is 0.0485 e. The first-order chi connectivity index (χ1) is 9.60. The van der Waals surface area contributed by atoms with E-state index < -0.39 is 0 Å². The second-order valence-electron chi connectivity index (χ2n) is 5.41. The topological polar surface area (TPSA) is 12.0 Å². The van der Waals surface area contributed by atoms with Crippen LogP contribution in [-0.2, 0) is 0 Å². The minimum absolute atomic E-state index is 0.254. The fourth-order valence-corrected chi connectivity index (χ4v) is 2.20. The van der Waals surface area contributed by atoms with Crippen LogP contribution >= 0.6 is 0 Å². The Morgan fingerprint density at radius 1 is 0.950 bits per heavy atom. The summed E-state index contributed by atoms with van der Waals surface area (Å²) in [6.07, 6.45) is 5.43. The van der Waals surface area contributed by atoms with Gasteiger partial charge >= 0.3 is 0 Å². The summed E-state index contributed by atoms with van der Waals surface area (Å²) < 4.78 is 0. The Kier molecular flexibility index (Phi) is 4.48. The summed E-state index contributed by atoms with van der Waals surface area (Å²) in [7, 11) is 0. The maximum Gasteiger partial charge on any atom is 0.0485 e. The van der Waals surface area contributed by atoms with Gasteiger partial charge in [0.05, 0.1) is 0 Å². The molecule has 0 aliphatic heterocycles. The van der Waals surface area contributed by atoms with Crippen LogP contribution < -0.4 is 5.32 Å². The zero-order valence-corrected chi connectivity index (χ0v) is 12.4. The van der Waals surface area contributed by atoms with Gasteiger partial charge in [-0.05, 0) is 42.2 Å². The Bertz CT molecular complexity index is 602. The molecule has 0 aliphatic carbocycles. The zero-order chi connectivity index (χ0) is 14.5. The number of terminal acetylenes is 1. The van der Waals surface area contributed by atoms with Crippen molar-refractivity contribution in [3.05, 3.63) is 65.2 Å². The van der Waals surface area contributed by atoms with Gasteiger partial charge in [0.25, 0.3) is 0 Å². The van der Waals surface area contributed by atoms with Crippen LogP contribution in [0.4, 0.5) is 5.69 Å². The first-order valence-electron chi connectivity index (χ1n) is 7.03. The van der Waals surface area contributed by atoms with Crippen molar-refractivity contribution in [1.82, 2.24) is 0 Å². The van der Waals surface area contributed by atoms with Gasteiger partial charge < -0.3 is 5.32 Å². The molecule has 1 heteroatoms. The van der Waals surface area contributed by atoms with Crippen LogP contribution in [0.25, 0.3) is 0 Å². The lowest BCUT2D eigenvalue weighted by molar-refractivity contribution is 0.852. The van der Waals surface area contributed by atoms with Gasteiger partial charge in [0.2, 0.25) is 0 Å². The van der Waals surface area contributed by atoms with Crippen LogP contribution in [0.15, 0.2) is 48.5 Å². The van der Waals surface area contributed by atoms with Gasteiger partial charge in [-0.25, -0.2) is 0 Å². The SMILES string of the molecule is C#Cc1cccc(NC(C)c2ccc(C(C)C)cc2)c1. The molecule has 0 bridgehead atoms. The predicted octanol–water partition coefficient (Wildman–Crippen LogP) is 4.96. The monoisotopic (exact) mass is 263 g/mol. The average Bonchev–Trinajstić information content (AvgIpc) is 2.47. The van der Waals surface area contributed by atoms with E-state index in [1.165, 1.54) is 11.1 Å². The van der Waals surface area contributed by atoms with E-state index in [1.54, 1.807) is 0 Å². The van der Waals surface area contributed by atoms with Crippen LogP contribution in [0.1, 0.15) is 49.4 Å². The summed E-state index contributed by atoms with van der Waals surface area (Å²) in [5.41, 5.74) is 4.61. The molecule has 0 radical (unpaired) electrons. The van der Waals surface area contributed by atoms with Gasteiger partial charge in [0, 0.05) is 17.3 Å². The van der Waals surface area contributed by atoms with Gasteiger partial charge in [0.1, 0.15) is 0 Å². The van der Waals surface area contributed by atoms with E-state index >= 15 is 0 Å². The van der Waals surface area contributed by atoms with Crippen molar-refractivity contribution < 1.29 is 0 Å². The lowest BCUT2D eigenvalue weighted by Crippen LogP contribution is -2.06. The fourth-order valence-electron chi connectivity index (χ4n) is 2.20. The molecule has 0 amide bonds. The Morgan fingerprint density at radius 3 is 2.20 bits per heavy atom.